The SMILES string of the molecule is COCCNC(=O)c1ccc2nn(CC3CCN(C(=O)c4ccc(C5=CCCC=C5)c(F)c4)CC3)cc2c1C. The lowest BCUT2D eigenvalue weighted by molar-refractivity contribution is 0.0680. The first-order valence-electron chi connectivity index (χ1n) is 13.6. The van der Waals surface area contributed by atoms with Crippen LogP contribution in [0.5, 0.6) is 0 Å². The van der Waals surface area contributed by atoms with Gasteiger partial charge >= 0.3 is 0 Å². The van der Waals surface area contributed by atoms with Gasteiger partial charge in [-0.05, 0) is 73.9 Å². The van der Waals surface area contributed by atoms with Gasteiger partial charge in [-0.15, -0.1) is 0 Å². The number of methoxy groups -OCH3 is 1. The minimum absolute atomic E-state index is 0.117. The number of amides is 2. The van der Waals surface area contributed by atoms with Crippen molar-refractivity contribution in [2.75, 3.05) is 33.4 Å². The number of fused-ring (bicyclic) bond motifs is 1. The van der Waals surface area contributed by atoms with Crippen molar-refractivity contribution in [3.63, 3.8) is 0 Å². The van der Waals surface area contributed by atoms with E-state index in [0.717, 1.165) is 54.3 Å². The molecule has 8 heteroatoms. The molecule has 39 heavy (non-hydrogen) atoms. The van der Waals surface area contributed by atoms with Gasteiger partial charge < -0.3 is 15.0 Å². The van der Waals surface area contributed by atoms with Gasteiger partial charge in [0.1, 0.15) is 5.82 Å². The molecule has 204 valence electrons. The van der Waals surface area contributed by atoms with Crippen LogP contribution in [0.3, 0.4) is 0 Å². The van der Waals surface area contributed by atoms with Crippen LogP contribution in [-0.4, -0.2) is 59.8 Å². The Morgan fingerprint density at radius 3 is 2.69 bits per heavy atom. The monoisotopic (exact) mass is 530 g/mol. The number of piperidine rings is 1. The summed E-state index contributed by atoms with van der Waals surface area (Å²) in [7, 11) is 1.60. The predicted molar refractivity (Wildman–Crippen MR) is 150 cm³/mol. The summed E-state index contributed by atoms with van der Waals surface area (Å²) in [4.78, 5) is 27.5. The number of aryl methyl sites for hydroxylation is 1. The average molecular weight is 531 g/mol. The summed E-state index contributed by atoms with van der Waals surface area (Å²) in [6, 6.07) is 8.53. The lowest BCUT2D eigenvalue weighted by Crippen LogP contribution is -2.39. The third-order valence-corrected chi connectivity index (χ3v) is 7.71. The molecule has 1 N–H and O–H groups in total. The number of nitrogens with zero attached hydrogens (tertiary/aromatic N) is 3. The second-order valence-corrected chi connectivity index (χ2v) is 10.3. The van der Waals surface area contributed by atoms with E-state index in [1.54, 1.807) is 19.2 Å². The number of nitrogens with one attached hydrogen (secondary N) is 1. The van der Waals surface area contributed by atoms with Crippen molar-refractivity contribution in [2.45, 2.75) is 39.2 Å². The van der Waals surface area contributed by atoms with Crippen molar-refractivity contribution >= 4 is 28.3 Å². The Balaban J connectivity index is 1.19. The Bertz CT molecular complexity index is 1430. The summed E-state index contributed by atoms with van der Waals surface area (Å²) in [6.07, 6.45) is 11.6. The minimum atomic E-state index is -0.356. The molecule has 1 aliphatic heterocycles. The summed E-state index contributed by atoms with van der Waals surface area (Å²) in [5.41, 5.74) is 4.22. The molecule has 2 aromatic carbocycles. The highest BCUT2D eigenvalue weighted by Gasteiger charge is 2.25. The molecule has 0 radical (unpaired) electrons. The molecule has 1 saturated heterocycles. The third-order valence-electron chi connectivity index (χ3n) is 7.71. The lowest BCUT2D eigenvalue weighted by atomic mass is 9.95. The number of carbonyl (C=O) groups excluding carboxylic acids is 2. The van der Waals surface area contributed by atoms with Gasteiger partial charge in [0.05, 0.1) is 12.1 Å². The number of aromatic nitrogens is 2. The number of hydrogen-bond acceptors (Lipinski definition) is 4. The molecule has 2 aliphatic rings. The van der Waals surface area contributed by atoms with E-state index in [-0.39, 0.29) is 17.6 Å². The zero-order valence-electron chi connectivity index (χ0n) is 22.6. The van der Waals surface area contributed by atoms with Crippen LogP contribution in [-0.2, 0) is 11.3 Å². The van der Waals surface area contributed by atoms with Gasteiger partial charge in [-0.2, -0.15) is 5.10 Å². The lowest BCUT2D eigenvalue weighted by Gasteiger charge is -2.32. The maximum atomic E-state index is 14.8. The summed E-state index contributed by atoms with van der Waals surface area (Å²) in [5.74, 6) is -0.215. The van der Waals surface area contributed by atoms with Gasteiger partial charge in [-0.1, -0.05) is 24.3 Å². The summed E-state index contributed by atoms with van der Waals surface area (Å²) >= 11 is 0. The molecule has 0 atom stereocenters. The van der Waals surface area contributed by atoms with Crippen molar-refractivity contribution in [3.8, 4) is 0 Å². The number of rotatable bonds is 8. The maximum Gasteiger partial charge on any atom is 0.253 e. The fourth-order valence-corrected chi connectivity index (χ4v) is 5.44. The van der Waals surface area contributed by atoms with E-state index in [0.29, 0.717) is 48.8 Å². The molecule has 0 spiro atoms. The fourth-order valence-electron chi connectivity index (χ4n) is 5.44. The average Bonchev–Trinajstić information content (AvgIpc) is 3.37. The summed E-state index contributed by atoms with van der Waals surface area (Å²) in [5, 5.41) is 8.57. The topological polar surface area (TPSA) is 76.5 Å². The standard InChI is InChI=1S/C31H35FN4O3/c1-21-25(30(37)33-14-17-39-2)10-11-29-27(21)20-36(34-29)19-22-12-15-35(16-13-22)31(38)24-8-9-26(28(32)18-24)23-6-4-3-5-7-23/h4,6-11,18,20,22H,3,5,12-17,19H2,1-2H3,(H,33,37). The highest BCUT2D eigenvalue weighted by atomic mass is 19.1. The number of likely N-dealkylation sites (tertiary alicyclic amines) is 1. The van der Waals surface area contributed by atoms with Gasteiger partial charge in [-0.3, -0.25) is 14.3 Å². The Hall–Kier alpha value is -3.78. The number of benzene rings is 2. The second-order valence-electron chi connectivity index (χ2n) is 10.3. The molecule has 2 heterocycles. The molecular formula is C31H35FN4O3. The van der Waals surface area contributed by atoms with E-state index in [9.17, 15) is 14.0 Å². The Morgan fingerprint density at radius 2 is 1.97 bits per heavy atom. The highest BCUT2D eigenvalue weighted by Crippen LogP contribution is 2.27. The van der Waals surface area contributed by atoms with Crippen LogP contribution in [0.1, 0.15) is 57.5 Å². The molecule has 7 nitrogen and oxygen atoms in total. The first-order chi connectivity index (χ1) is 18.9. The molecule has 1 fully saturated rings. The number of allylic oxidation sites excluding steroid dienone is 4. The zero-order chi connectivity index (χ0) is 27.4. The van der Waals surface area contributed by atoms with E-state index < -0.39 is 0 Å². The van der Waals surface area contributed by atoms with Crippen LogP contribution >= 0.6 is 0 Å². The smallest absolute Gasteiger partial charge is 0.253 e. The Labute approximate surface area is 228 Å². The van der Waals surface area contributed by atoms with Crippen LogP contribution in [0.4, 0.5) is 4.39 Å². The molecule has 0 unspecified atom stereocenters. The Morgan fingerprint density at radius 1 is 1.15 bits per heavy atom. The molecule has 5 rings (SSSR count). The minimum Gasteiger partial charge on any atom is -0.383 e. The van der Waals surface area contributed by atoms with E-state index in [1.807, 2.05) is 53.1 Å². The molecular weight excluding hydrogens is 495 g/mol. The molecule has 2 amide bonds. The van der Waals surface area contributed by atoms with E-state index >= 15 is 0 Å². The third kappa shape index (κ3) is 5.96. The largest absolute Gasteiger partial charge is 0.383 e. The van der Waals surface area contributed by atoms with Gasteiger partial charge in [0, 0.05) is 61.6 Å². The molecule has 0 bridgehead atoms. The van der Waals surface area contributed by atoms with Gasteiger partial charge in [0.2, 0.25) is 0 Å². The highest BCUT2D eigenvalue weighted by molar-refractivity contribution is 6.00. The predicted octanol–water partition coefficient (Wildman–Crippen LogP) is 5.15. The molecule has 0 saturated carbocycles. The van der Waals surface area contributed by atoms with Crippen LogP contribution in [0, 0.1) is 18.7 Å². The molecule has 1 aliphatic carbocycles. The van der Waals surface area contributed by atoms with Crippen molar-refractivity contribution in [3.05, 3.63) is 82.8 Å². The van der Waals surface area contributed by atoms with Crippen molar-refractivity contribution in [1.29, 1.82) is 0 Å². The normalized spacial score (nSPS) is 16.0. The maximum absolute atomic E-state index is 14.8. The van der Waals surface area contributed by atoms with E-state index in [4.69, 9.17) is 9.84 Å². The number of halogens is 1. The second kappa shape index (κ2) is 11.9. The van der Waals surface area contributed by atoms with Crippen molar-refractivity contribution < 1.29 is 18.7 Å². The van der Waals surface area contributed by atoms with Crippen LogP contribution in [0.2, 0.25) is 0 Å². The summed E-state index contributed by atoms with van der Waals surface area (Å²) < 4.78 is 21.8. The van der Waals surface area contributed by atoms with E-state index in [2.05, 4.69) is 5.32 Å². The molecule has 1 aromatic heterocycles. The van der Waals surface area contributed by atoms with Gasteiger partial charge in [0.15, 0.2) is 0 Å². The van der Waals surface area contributed by atoms with Crippen molar-refractivity contribution in [1.82, 2.24) is 20.0 Å². The summed E-state index contributed by atoms with van der Waals surface area (Å²) in [6.45, 7) is 4.89. The Kier molecular flexibility index (Phi) is 8.21. The number of ether oxygens (including phenoxy) is 1. The quantitative estimate of drug-likeness (QED) is 0.409. The fraction of sp³-hybridized carbons (Fsp3) is 0.387. The first-order valence-corrected chi connectivity index (χ1v) is 13.6. The van der Waals surface area contributed by atoms with Crippen molar-refractivity contribution in [2.24, 2.45) is 5.92 Å². The number of carbonyl (C=O) groups is 2. The first kappa shape index (κ1) is 26.8. The zero-order valence-corrected chi connectivity index (χ0v) is 22.6. The number of hydrogen-bond donors (Lipinski definition) is 1. The van der Waals surface area contributed by atoms with Crippen LogP contribution < -0.4 is 5.32 Å². The van der Waals surface area contributed by atoms with Crippen LogP contribution in [0.15, 0.2) is 54.8 Å². The van der Waals surface area contributed by atoms with E-state index in [1.165, 1.54) is 6.07 Å². The van der Waals surface area contributed by atoms with Gasteiger partial charge in [0.25, 0.3) is 11.8 Å². The van der Waals surface area contributed by atoms with Crippen LogP contribution in [0.25, 0.3) is 16.5 Å². The van der Waals surface area contributed by atoms with Gasteiger partial charge in [-0.25, -0.2) is 4.39 Å². The molecule has 3 aromatic rings.